The molecule has 3 aromatic carbocycles. The first kappa shape index (κ1) is 22.2. The minimum atomic E-state index is -1.36. The molecule has 1 heterocycles. The van der Waals surface area contributed by atoms with Crippen LogP contribution in [0.1, 0.15) is 31.0 Å². The van der Waals surface area contributed by atoms with Crippen LogP contribution in [0, 0.1) is 5.82 Å². The SMILES string of the molecule is C[C@H](NC(=O)CN1C(=O)N[C@@](C)(c2ccc(F)cc2)C1=O)c1ccc(-c2ccccc2)cc1. The van der Waals surface area contributed by atoms with Gasteiger partial charge in [0.05, 0.1) is 6.04 Å². The van der Waals surface area contributed by atoms with Crippen molar-refractivity contribution in [2.75, 3.05) is 6.54 Å². The van der Waals surface area contributed by atoms with Crippen LogP contribution < -0.4 is 10.6 Å². The zero-order chi connectivity index (χ0) is 23.6. The van der Waals surface area contributed by atoms with E-state index in [1.165, 1.54) is 31.2 Å². The largest absolute Gasteiger partial charge is 0.348 e. The molecule has 0 unspecified atom stereocenters. The van der Waals surface area contributed by atoms with Crippen molar-refractivity contribution in [3.8, 4) is 11.1 Å². The monoisotopic (exact) mass is 445 g/mol. The van der Waals surface area contributed by atoms with Crippen molar-refractivity contribution >= 4 is 17.8 Å². The maximum absolute atomic E-state index is 13.3. The maximum Gasteiger partial charge on any atom is 0.325 e. The molecule has 2 atom stereocenters. The zero-order valence-corrected chi connectivity index (χ0v) is 18.3. The predicted octanol–water partition coefficient (Wildman–Crippen LogP) is 4.14. The van der Waals surface area contributed by atoms with Crippen LogP contribution in [0.5, 0.6) is 0 Å². The highest BCUT2D eigenvalue weighted by Gasteiger charge is 2.49. The summed E-state index contributed by atoms with van der Waals surface area (Å²) in [6.07, 6.45) is 0. The summed E-state index contributed by atoms with van der Waals surface area (Å²) >= 11 is 0. The van der Waals surface area contributed by atoms with Crippen molar-refractivity contribution in [1.29, 1.82) is 0 Å². The van der Waals surface area contributed by atoms with Gasteiger partial charge in [-0.1, -0.05) is 66.7 Å². The van der Waals surface area contributed by atoms with Gasteiger partial charge >= 0.3 is 6.03 Å². The molecule has 168 valence electrons. The lowest BCUT2D eigenvalue weighted by atomic mass is 9.92. The maximum atomic E-state index is 13.3. The van der Waals surface area contributed by atoms with E-state index in [-0.39, 0.29) is 6.04 Å². The average Bonchev–Trinajstić information content (AvgIpc) is 3.04. The number of benzene rings is 3. The summed E-state index contributed by atoms with van der Waals surface area (Å²) in [5, 5.41) is 5.45. The van der Waals surface area contributed by atoms with E-state index in [0.29, 0.717) is 5.56 Å². The Labute approximate surface area is 191 Å². The molecule has 0 bridgehead atoms. The van der Waals surface area contributed by atoms with Gasteiger partial charge in [0.2, 0.25) is 5.91 Å². The molecule has 1 aliphatic heterocycles. The molecule has 7 heteroatoms. The molecule has 3 aromatic rings. The number of hydrogen-bond acceptors (Lipinski definition) is 3. The second-order valence-electron chi connectivity index (χ2n) is 8.23. The molecular formula is C26H24FN3O3. The van der Waals surface area contributed by atoms with Gasteiger partial charge < -0.3 is 10.6 Å². The molecule has 0 spiro atoms. The molecule has 1 aliphatic rings. The van der Waals surface area contributed by atoms with E-state index >= 15 is 0 Å². The van der Waals surface area contributed by atoms with Gasteiger partial charge in [0.25, 0.3) is 5.91 Å². The normalized spacial score (nSPS) is 18.7. The second kappa shape index (κ2) is 8.86. The molecule has 6 nitrogen and oxygen atoms in total. The first-order chi connectivity index (χ1) is 15.8. The van der Waals surface area contributed by atoms with Crippen LogP contribution >= 0.6 is 0 Å². The van der Waals surface area contributed by atoms with Crippen LogP contribution in [0.4, 0.5) is 9.18 Å². The average molecular weight is 445 g/mol. The Bertz CT molecular complexity index is 1180. The van der Waals surface area contributed by atoms with Crippen LogP contribution in [0.25, 0.3) is 11.1 Å². The van der Waals surface area contributed by atoms with Crippen molar-refractivity contribution in [2.45, 2.75) is 25.4 Å². The van der Waals surface area contributed by atoms with Crippen LogP contribution in [-0.4, -0.2) is 29.3 Å². The van der Waals surface area contributed by atoms with Gasteiger partial charge in [-0.3, -0.25) is 14.5 Å². The fraction of sp³-hybridized carbons (Fsp3) is 0.192. The number of nitrogens with one attached hydrogen (secondary N) is 2. The Morgan fingerprint density at radius 1 is 0.970 bits per heavy atom. The van der Waals surface area contributed by atoms with E-state index in [9.17, 15) is 18.8 Å². The lowest BCUT2D eigenvalue weighted by Gasteiger charge is -2.22. The fourth-order valence-corrected chi connectivity index (χ4v) is 3.93. The number of hydrogen-bond donors (Lipinski definition) is 2. The molecule has 2 N–H and O–H groups in total. The lowest BCUT2D eigenvalue weighted by molar-refractivity contribution is -0.135. The number of halogens is 1. The summed E-state index contributed by atoms with van der Waals surface area (Å²) in [5.74, 6) is -1.46. The van der Waals surface area contributed by atoms with Gasteiger partial charge in [-0.05, 0) is 48.2 Å². The topological polar surface area (TPSA) is 78.5 Å². The molecule has 1 saturated heterocycles. The molecule has 0 radical (unpaired) electrons. The van der Waals surface area contributed by atoms with E-state index in [0.717, 1.165) is 21.6 Å². The number of rotatable bonds is 6. The number of carbonyl (C=O) groups is 3. The van der Waals surface area contributed by atoms with Crippen molar-refractivity contribution < 1.29 is 18.8 Å². The van der Waals surface area contributed by atoms with Gasteiger partial charge in [-0.2, -0.15) is 0 Å². The minimum absolute atomic E-state index is 0.313. The van der Waals surface area contributed by atoms with Crippen molar-refractivity contribution in [3.05, 3.63) is 95.8 Å². The number of amides is 4. The van der Waals surface area contributed by atoms with E-state index in [1.54, 1.807) is 0 Å². The molecule has 0 saturated carbocycles. The smallest absolute Gasteiger partial charge is 0.325 e. The molecule has 4 rings (SSSR count). The van der Waals surface area contributed by atoms with Crippen LogP contribution in [-0.2, 0) is 15.1 Å². The Morgan fingerprint density at radius 2 is 1.58 bits per heavy atom. The highest BCUT2D eigenvalue weighted by Crippen LogP contribution is 2.29. The highest BCUT2D eigenvalue weighted by atomic mass is 19.1. The standard InChI is InChI=1S/C26H24FN3O3/c1-17(18-8-10-20(11-9-18)19-6-4-3-5-7-19)28-23(31)16-30-24(32)26(2,29-25(30)33)21-12-14-22(27)15-13-21/h3-15,17H,16H2,1-2H3,(H,28,31)(H,29,33)/t17-,26-/m0/s1. The summed E-state index contributed by atoms with van der Waals surface area (Å²) < 4.78 is 13.3. The molecule has 0 aliphatic carbocycles. The Hall–Kier alpha value is -4.00. The third kappa shape index (κ3) is 4.48. The second-order valence-corrected chi connectivity index (χ2v) is 8.23. The third-order valence-electron chi connectivity index (χ3n) is 5.89. The summed E-state index contributed by atoms with van der Waals surface area (Å²) in [6.45, 7) is 2.97. The highest BCUT2D eigenvalue weighted by molar-refractivity contribution is 6.09. The van der Waals surface area contributed by atoms with Crippen molar-refractivity contribution in [2.24, 2.45) is 0 Å². The zero-order valence-electron chi connectivity index (χ0n) is 18.3. The van der Waals surface area contributed by atoms with Crippen molar-refractivity contribution in [3.63, 3.8) is 0 Å². The van der Waals surface area contributed by atoms with E-state index in [1.807, 2.05) is 61.5 Å². The van der Waals surface area contributed by atoms with Gasteiger partial charge in [-0.25, -0.2) is 9.18 Å². The van der Waals surface area contributed by atoms with Crippen LogP contribution in [0.3, 0.4) is 0 Å². The molecule has 4 amide bonds. The predicted molar refractivity (Wildman–Crippen MR) is 122 cm³/mol. The van der Waals surface area contributed by atoms with E-state index in [4.69, 9.17) is 0 Å². The molecular weight excluding hydrogens is 421 g/mol. The summed E-state index contributed by atoms with van der Waals surface area (Å²) in [5.41, 5.74) is 2.15. The lowest BCUT2D eigenvalue weighted by Crippen LogP contribution is -2.43. The minimum Gasteiger partial charge on any atom is -0.348 e. The Morgan fingerprint density at radius 3 is 2.21 bits per heavy atom. The van der Waals surface area contributed by atoms with E-state index < -0.39 is 35.7 Å². The van der Waals surface area contributed by atoms with Gasteiger partial charge in [0, 0.05) is 0 Å². The van der Waals surface area contributed by atoms with Gasteiger partial charge in [-0.15, -0.1) is 0 Å². The number of carbonyl (C=O) groups excluding carboxylic acids is 3. The first-order valence-corrected chi connectivity index (χ1v) is 10.6. The fourth-order valence-electron chi connectivity index (χ4n) is 3.93. The van der Waals surface area contributed by atoms with Gasteiger partial charge in [0.1, 0.15) is 17.9 Å². The third-order valence-corrected chi connectivity index (χ3v) is 5.89. The summed E-state index contributed by atoms with van der Waals surface area (Å²) in [6, 6.07) is 22.2. The van der Waals surface area contributed by atoms with Crippen molar-refractivity contribution in [1.82, 2.24) is 15.5 Å². The first-order valence-electron chi connectivity index (χ1n) is 10.6. The molecule has 0 aromatic heterocycles. The molecule has 1 fully saturated rings. The summed E-state index contributed by atoms with van der Waals surface area (Å²) in [7, 11) is 0. The number of nitrogens with zero attached hydrogens (tertiary/aromatic N) is 1. The number of urea groups is 1. The molecule has 33 heavy (non-hydrogen) atoms. The Balaban J connectivity index is 1.40. The number of imide groups is 1. The van der Waals surface area contributed by atoms with E-state index in [2.05, 4.69) is 10.6 Å². The van der Waals surface area contributed by atoms with Gasteiger partial charge in [0.15, 0.2) is 0 Å². The Kier molecular flexibility index (Phi) is 5.96. The van der Waals surface area contributed by atoms with Crippen LogP contribution in [0.2, 0.25) is 0 Å². The quantitative estimate of drug-likeness (QED) is 0.560. The summed E-state index contributed by atoms with van der Waals surface area (Å²) in [4.78, 5) is 38.9. The van der Waals surface area contributed by atoms with Crippen LogP contribution in [0.15, 0.2) is 78.9 Å².